The van der Waals surface area contributed by atoms with Gasteiger partial charge in [-0.1, -0.05) is 108 Å². The Balaban J connectivity index is 0.000000208. The van der Waals surface area contributed by atoms with Gasteiger partial charge in [-0.05, 0) is 144 Å². The predicted octanol–water partition coefficient (Wildman–Crippen LogP) is 10.3. The van der Waals surface area contributed by atoms with Crippen molar-refractivity contribution in [3.8, 4) is 57.2 Å². The van der Waals surface area contributed by atoms with Crippen LogP contribution in [0.15, 0.2) is 212 Å². The number of ether oxygens (including phenoxy) is 5. The van der Waals surface area contributed by atoms with Gasteiger partial charge in [-0.25, -0.2) is 24.0 Å². The van der Waals surface area contributed by atoms with Crippen molar-refractivity contribution in [2.24, 2.45) is 35.2 Å². The van der Waals surface area contributed by atoms with Crippen LogP contribution in [0, 0.1) is 78.8 Å². The Morgan fingerprint density at radius 1 is 0.295 bits per heavy atom. The molecule has 0 bridgehead atoms. The third-order valence-corrected chi connectivity index (χ3v) is 19.3. The van der Waals surface area contributed by atoms with Gasteiger partial charge < -0.3 is 23.7 Å². The number of tetrazole rings is 5. The van der Waals surface area contributed by atoms with Gasteiger partial charge in [-0.3, -0.25) is 0 Å². The number of nitrogens with zero attached hydrogens (tertiary/aromatic N) is 20. The molecule has 1 fully saturated rings. The molecule has 15 aromatic rings. The van der Waals surface area contributed by atoms with Crippen molar-refractivity contribution in [2.45, 2.75) is 114 Å². The van der Waals surface area contributed by atoms with Crippen LogP contribution >= 0.6 is 0 Å². The Bertz CT molecular complexity index is 6150. The number of aromatic nitrogens is 20. The molecule has 0 saturated heterocycles. The van der Waals surface area contributed by atoms with E-state index in [4.69, 9.17) is 23.7 Å². The fourth-order valence-corrected chi connectivity index (χ4v) is 12.4. The van der Waals surface area contributed by atoms with Gasteiger partial charge in [0, 0.05) is 255 Å². The van der Waals surface area contributed by atoms with Crippen LogP contribution in [-0.2, 0) is 238 Å². The molecule has 0 atom stereocenters. The molecular formula is C87H87N20O10Y5-5. The summed E-state index contributed by atoms with van der Waals surface area (Å²) in [5.74, 6) is 4.55. The fourth-order valence-electron chi connectivity index (χ4n) is 12.4. The van der Waals surface area contributed by atoms with Gasteiger partial charge in [0.1, 0.15) is 33.0 Å². The second kappa shape index (κ2) is 47.8. The van der Waals surface area contributed by atoms with E-state index in [0.717, 1.165) is 113 Å². The van der Waals surface area contributed by atoms with Gasteiger partial charge in [0.2, 0.25) is 0 Å². The summed E-state index contributed by atoms with van der Waals surface area (Å²) >= 11 is 0. The molecular weight excluding hydrogens is 1930 g/mol. The zero-order chi connectivity index (χ0) is 82.8. The molecule has 10 aromatic carbocycles. The molecule has 0 amide bonds. The molecule has 0 spiro atoms. The average molecular weight is 2020 g/mol. The molecule has 5 aromatic heterocycles. The molecule has 0 aliphatic heterocycles. The molecule has 5 heterocycles. The summed E-state index contributed by atoms with van der Waals surface area (Å²) in [5, 5.41) is 38.6. The zero-order valence-electron chi connectivity index (χ0n) is 70.0. The standard InChI is InChI=1S/C19H19N4O2.C18H19N4O2.2C17H17N4O2.C16H15N4O2.5Y/c1-13-6-3-4-9-18(13)25-12-16-15(14-10-11-14)7-5-8-17(16)23-19(24)22(2)20-21-23;1-4-14-9-7-10-16(22-18(23)21(3)19-20-22)15(14)12-24-17-11-6-5-8-13(17)2;2*1-12-8-6-9-15(21-17(22)20(3)18-19-21)14(12)11-23-16-10-5-4-7-13(16)2;1-12-7-3-6-10-15(12)22-11-13-8-4-5-9-14(13)20-16(21)19(2)17-18-20;;;;;/h4-9,14H,10-12H2,1-2H3;6-11H,4,12H2,1-3H3;2*5-10H,11H2,1-3H3;4-10H,11H2,1-2H3;;;;;/q5*-1;;;;;. The van der Waals surface area contributed by atoms with Gasteiger partial charge >= 0.3 is 28.4 Å². The number of para-hydroxylation sites is 1. The molecule has 5 radical (unpaired) electrons. The first-order valence-electron chi connectivity index (χ1n) is 37.5. The molecule has 1 aliphatic carbocycles. The number of hydrogen-bond acceptors (Lipinski definition) is 20. The number of benzene rings is 10. The monoisotopic (exact) mass is 2020 g/mol. The van der Waals surface area contributed by atoms with Crippen LogP contribution in [0.3, 0.4) is 0 Å². The minimum absolute atomic E-state index is 0. The smallest absolute Gasteiger partial charge is 0.368 e. The summed E-state index contributed by atoms with van der Waals surface area (Å²) in [6, 6.07) is 73.7. The summed E-state index contributed by atoms with van der Waals surface area (Å²) in [5.41, 5.74) is 16.2. The molecule has 0 N–H and O–H groups in total. The van der Waals surface area contributed by atoms with Crippen LogP contribution in [0.2, 0.25) is 0 Å². The van der Waals surface area contributed by atoms with Crippen LogP contribution < -0.4 is 52.1 Å². The minimum atomic E-state index is -0.294. The van der Waals surface area contributed by atoms with Gasteiger partial charge in [0.25, 0.3) is 0 Å². The number of rotatable bonds is 22. The van der Waals surface area contributed by atoms with Crippen molar-refractivity contribution in [2.75, 3.05) is 0 Å². The van der Waals surface area contributed by atoms with Crippen LogP contribution in [-0.4, -0.2) is 99.0 Å². The van der Waals surface area contributed by atoms with Gasteiger partial charge in [-0.15, -0.1) is 58.1 Å². The molecule has 1 saturated carbocycles. The average Bonchev–Trinajstić information content (AvgIpc) is 1.63. The number of hydrogen-bond donors (Lipinski definition) is 0. The number of aryl methyl sites for hydroxylation is 13. The maximum absolute atomic E-state index is 12.3. The molecule has 35 heteroatoms. The Morgan fingerprint density at radius 2 is 0.557 bits per heavy atom. The zero-order valence-corrected chi connectivity index (χ0v) is 84.2. The van der Waals surface area contributed by atoms with E-state index in [0.29, 0.717) is 61.7 Å². The van der Waals surface area contributed by atoms with Crippen LogP contribution in [0.4, 0.5) is 0 Å². The largest absolute Gasteiger partial charge is 0.514 e. The van der Waals surface area contributed by atoms with Crippen molar-refractivity contribution in [1.29, 1.82) is 0 Å². The maximum atomic E-state index is 12.3. The van der Waals surface area contributed by atoms with Crippen LogP contribution in [0.5, 0.6) is 28.7 Å². The van der Waals surface area contributed by atoms with E-state index >= 15 is 0 Å². The van der Waals surface area contributed by atoms with Crippen molar-refractivity contribution in [3.05, 3.63) is 349 Å². The second-order valence-corrected chi connectivity index (χ2v) is 27.5. The third-order valence-electron chi connectivity index (χ3n) is 19.3. The first kappa shape index (κ1) is 100. The van der Waals surface area contributed by atoms with E-state index in [1.54, 1.807) is 41.3 Å². The summed E-state index contributed by atoms with van der Waals surface area (Å²) in [4.78, 5) is 60.7. The normalized spacial score (nSPS) is 10.9. The van der Waals surface area contributed by atoms with E-state index < -0.39 is 0 Å². The van der Waals surface area contributed by atoms with Crippen LogP contribution in [0.1, 0.15) is 104 Å². The van der Waals surface area contributed by atoms with Crippen molar-refractivity contribution in [3.63, 3.8) is 0 Å². The van der Waals surface area contributed by atoms with E-state index in [1.807, 2.05) is 224 Å². The molecule has 0 unspecified atom stereocenters. The Morgan fingerprint density at radius 3 is 0.869 bits per heavy atom. The van der Waals surface area contributed by atoms with Crippen molar-refractivity contribution in [1.82, 2.24) is 99.0 Å². The Labute approximate surface area is 831 Å². The van der Waals surface area contributed by atoms with Gasteiger partial charge in [0.05, 0.1) is 28.4 Å². The quantitative estimate of drug-likeness (QED) is 0.0569. The Kier molecular flexibility index (Phi) is 39.2. The fraction of sp³-hybridized carbons (Fsp3) is 0.253. The summed E-state index contributed by atoms with van der Waals surface area (Å²) in [7, 11) is 7.88. The predicted molar refractivity (Wildman–Crippen MR) is 436 cm³/mol. The second-order valence-electron chi connectivity index (χ2n) is 27.5. The maximum Gasteiger partial charge on any atom is 0.368 e. The van der Waals surface area contributed by atoms with Gasteiger partial charge in [-0.2, -0.15) is 138 Å². The van der Waals surface area contributed by atoms with E-state index in [1.165, 1.54) is 65.2 Å². The van der Waals surface area contributed by atoms with Gasteiger partial charge in [0.15, 0.2) is 0 Å². The molecule has 122 heavy (non-hydrogen) atoms. The molecule has 16 rings (SSSR count). The Hall–Kier alpha value is -8.93. The molecule has 1 aliphatic rings. The first-order chi connectivity index (χ1) is 56.6. The van der Waals surface area contributed by atoms with Crippen molar-refractivity contribution < 1.29 is 187 Å². The van der Waals surface area contributed by atoms with Crippen molar-refractivity contribution >= 4 is 0 Å². The van der Waals surface area contributed by atoms with E-state index in [-0.39, 0.29) is 192 Å². The summed E-state index contributed by atoms with van der Waals surface area (Å²) in [6.45, 7) is 17.7. The third kappa shape index (κ3) is 25.0. The van der Waals surface area contributed by atoms with Crippen LogP contribution in [0.25, 0.3) is 28.4 Å². The van der Waals surface area contributed by atoms with E-state index in [2.05, 4.69) is 95.5 Å². The van der Waals surface area contributed by atoms with E-state index in [9.17, 15) is 24.0 Å². The topological polar surface area (TPSA) is 310 Å². The minimum Gasteiger partial charge on any atom is -0.514 e. The summed E-state index contributed by atoms with van der Waals surface area (Å²) in [6.07, 6.45) is 3.18. The molecule has 30 nitrogen and oxygen atoms in total. The summed E-state index contributed by atoms with van der Waals surface area (Å²) < 4.78 is 42.3. The SMILES string of the molecule is CCc1cccc(-n2nnn(C)c2=O)c1COc1cc[c-]cc1C.Cc1c[c-]ccc1OCc1c(C)cccc1-n1nnn(C)c1=O.Cc1c[c-]ccc1OCc1c(C)cccc1-n1nnn(C)c1=O.Cc1c[c-]ccc1OCc1c(C2CC2)cccc1-n1nnn(C)c1=O.Cc1c[c-]ccc1OCc1ccccc1-n1nnn(C)c1=O.[Y].[Y].[Y].[Y].[Y]. The first-order valence-corrected chi connectivity index (χ1v) is 37.5. The molecule has 615 valence electrons.